The lowest BCUT2D eigenvalue weighted by Crippen LogP contribution is -2.20. The molecule has 14 heavy (non-hydrogen) atoms. The molecular weight excluding hydrogens is 204 g/mol. The molecule has 0 atom stereocenters. The fraction of sp³-hybridized carbons (Fsp3) is 0.250. The Labute approximate surface area is 85.0 Å². The van der Waals surface area contributed by atoms with E-state index < -0.39 is 0 Å². The second-order valence-electron chi connectivity index (χ2n) is 2.48. The van der Waals surface area contributed by atoms with E-state index >= 15 is 0 Å². The lowest BCUT2D eigenvalue weighted by Gasteiger charge is -1.97. The minimum atomic E-state index is -0.325. The van der Waals surface area contributed by atoms with E-state index in [1.165, 1.54) is 25.4 Å². The standard InChI is InChI=1S/C8H10N2O3S/c1-5(11)9-7-4-3-6(14-7)8(12)10-13-2/h3-4H,1-2H3,(H,9,11)(H,10,12). The molecule has 0 aliphatic carbocycles. The molecule has 1 aromatic heterocycles. The van der Waals surface area contributed by atoms with E-state index in [-0.39, 0.29) is 11.8 Å². The van der Waals surface area contributed by atoms with Gasteiger partial charge in [-0.2, -0.15) is 0 Å². The third-order valence-electron chi connectivity index (χ3n) is 1.32. The lowest BCUT2D eigenvalue weighted by atomic mass is 10.4. The number of thiophene rings is 1. The molecule has 0 aromatic carbocycles. The molecule has 0 saturated heterocycles. The first-order chi connectivity index (χ1) is 6.63. The molecule has 0 aliphatic rings. The predicted octanol–water partition coefficient (Wildman–Crippen LogP) is 0.998. The summed E-state index contributed by atoms with van der Waals surface area (Å²) >= 11 is 1.19. The third-order valence-corrected chi connectivity index (χ3v) is 2.32. The van der Waals surface area contributed by atoms with Gasteiger partial charge in [0.15, 0.2) is 0 Å². The summed E-state index contributed by atoms with van der Waals surface area (Å²) in [5.41, 5.74) is 2.19. The number of nitrogens with one attached hydrogen (secondary N) is 2. The zero-order chi connectivity index (χ0) is 10.6. The zero-order valence-electron chi connectivity index (χ0n) is 7.79. The Kier molecular flexibility index (Phi) is 3.61. The van der Waals surface area contributed by atoms with E-state index in [4.69, 9.17) is 0 Å². The normalized spacial score (nSPS) is 9.57. The van der Waals surface area contributed by atoms with Gasteiger partial charge in [-0.25, -0.2) is 5.48 Å². The summed E-state index contributed by atoms with van der Waals surface area (Å²) in [6.07, 6.45) is 0. The van der Waals surface area contributed by atoms with Crippen LogP contribution in [-0.4, -0.2) is 18.9 Å². The highest BCUT2D eigenvalue weighted by Crippen LogP contribution is 2.21. The van der Waals surface area contributed by atoms with Crippen LogP contribution in [-0.2, 0) is 9.63 Å². The number of hydrogen-bond donors (Lipinski definition) is 2. The van der Waals surface area contributed by atoms with Gasteiger partial charge in [0.2, 0.25) is 5.91 Å². The lowest BCUT2D eigenvalue weighted by molar-refractivity contribution is -0.114. The van der Waals surface area contributed by atoms with Gasteiger partial charge in [-0.05, 0) is 12.1 Å². The second-order valence-corrected chi connectivity index (χ2v) is 3.56. The fourth-order valence-corrected chi connectivity index (χ4v) is 1.68. The Bertz CT molecular complexity index is 348. The van der Waals surface area contributed by atoms with E-state index in [2.05, 4.69) is 15.6 Å². The first kappa shape index (κ1) is 10.7. The minimum Gasteiger partial charge on any atom is -0.318 e. The van der Waals surface area contributed by atoms with Crippen molar-refractivity contribution in [3.05, 3.63) is 17.0 Å². The Morgan fingerprint density at radius 2 is 2.14 bits per heavy atom. The van der Waals surface area contributed by atoms with Gasteiger partial charge in [-0.15, -0.1) is 11.3 Å². The SMILES string of the molecule is CONC(=O)c1ccc(NC(C)=O)s1. The van der Waals surface area contributed by atoms with Gasteiger partial charge >= 0.3 is 0 Å². The molecule has 0 aliphatic heterocycles. The number of amides is 2. The number of hydroxylamine groups is 1. The smallest absolute Gasteiger partial charge is 0.284 e. The van der Waals surface area contributed by atoms with Crippen LogP contribution in [0.4, 0.5) is 5.00 Å². The number of carbonyl (C=O) groups excluding carboxylic acids is 2. The molecule has 76 valence electrons. The van der Waals surface area contributed by atoms with Crippen molar-refractivity contribution in [2.24, 2.45) is 0 Å². The van der Waals surface area contributed by atoms with E-state index in [0.29, 0.717) is 9.88 Å². The Morgan fingerprint density at radius 1 is 1.43 bits per heavy atom. The summed E-state index contributed by atoms with van der Waals surface area (Å²) in [6.45, 7) is 1.41. The van der Waals surface area contributed by atoms with Crippen molar-refractivity contribution < 1.29 is 14.4 Å². The number of anilines is 1. The van der Waals surface area contributed by atoms with Crippen LogP contribution in [0.1, 0.15) is 16.6 Å². The van der Waals surface area contributed by atoms with Gasteiger partial charge in [0.05, 0.1) is 17.0 Å². The van der Waals surface area contributed by atoms with Crippen LogP contribution < -0.4 is 10.8 Å². The van der Waals surface area contributed by atoms with Crippen molar-refractivity contribution in [1.82, 2.24) is 5.48 Å². The zero-order valence-corrected chi connectivity index (χ0v) is 8.60. The van der Waals surface area contributed by atoms with E-state index in [9.17, 15) is 9.59 Å². The Hall–Kier alpha value is -1.40. The van der Waals surface area contributed by atoms with Gasteiger partial charge in [0.25, 0.3) is 5.91 Å². The molecule has 0 bridgehead atoms. The molecule has 1 rings (SSSR count). The van der Waals surface area contributed by atoms with Crippen LogP contribution in [0, 0.1) is 0 Å². The van der Waals surface area contributed by atoms with Gasteiger partial charge in [0, 0.05) is 6.92 Å². The molecule has 1 heterocycles. The molecule has 2 N–H and O–H groups in total. The summed E-state index contributed by atoms with van der Waals surface area (Å²) in [7, 11) is 1.36. The van der Waals surface area contributed by atoms with Crippen LogP contribution in [0.15, 0.2) is 12.1 Å². The predicted molar refractivity (Wildman–Crippen MR) is 53.1 cm³/mol. The molecule has 1 aromatic rings. The minimum absolute atomic E-state index is 0.162. The first-order valence-electron chi connectivity index (χ1n) is 3.84. The highest BCUT2D eigenvalue weighted by Gasteiger charge is 2.08. The number of carbonyl (C=O) groups is 2. The highest BCUT2D eigenvalue weighted by molar-refractivity contribution is 7.18. The summed E-state index contributed by atoms with van der Waals surface area (Å²) in [5, 5.41) is 3.22. The van der Waals surface area contributed by atoms with Crippen molar-refractivity contribution in [3.63, 3.8) is 0 Å². The van der Waals surface area contributed by atoms with E-state index in [1.807, 2.05) is 0 Å². The van der Waals surface area contributed by atoms with Crippen molar-refractivity contribution in [1.29, 1.82) is 0 Å². The quantitative estimate of drug-likeness (QED) is 0.737. The number of rotatable bonds is 3. The van der Waals surface area contributed by atoms with Gasteiger partial charge in [-0.1, -0.05) is 0 Å². The Balaban J connectivity index is 2.67. The first-order valence-corrected chi connectivity index (χ1v) is 4.66. The Morgan fingerprint density at radius 3 is 2.71 bits per heavy atom. The monoisotopic (exact) mass is 214 g/mol. The molecular formula is C8H10N2O3S. The maximum absolute atomic E-state index is 11.2. The molecule has 5 nitrogen and oxygen atoms in total. The average molecular weight is 214 g/mol. The van der Waals surface area contributed by atoms with Crippen LogP contribution in [0.25, 0.3) is 0 Å². The van der Waals surface area contributed by atoms with Crippen LogP contribution >= 0.6 is 11.3 Å². The van der Waals surface area contributed by atoms with E-state index in [0.717, 1.165) is 0 Å². The summed E-state index contributed by atoms with van der Waals surface area (Å²) in [5.74, 6) is -0.486. The molecule has 6 heteroatoms. The van der Waals surface area contributed by atoms with Crippen molar-refractivity contribution in [2.45, 2.75) is 6.92 Å². The van der Waals surface area contributed by atoms with Gasteiger partial charge < -0.3 is 5.32 Å². The fourth-order valence-electron chi connectivity index (χ4n) is 0.844. The van der Waals surface area contributed by atoms with E-state index in [1.54, 1.807) is 12.1 Å². The molecule has 2 amide bonds. The van der Waals surface area contributed by atoms with Crippen LogP contribution in [0.5, 0.6) is 0 Å². The van der Waals surface area contributed by atoms with Crippen molar-refractivity contribution in [2.75, 3.05) is 12.4 Å². The second kappa shape index (κ2) is 4.73. The van der Waals surface area contributed by atoms with Gasteiger partial charge in [-0.3, -0.25) is 14.4 Å². The molecule has 0 fully saturated rings. The maximum Gasteiger partial charge on any atom is 0.284 e. The number of hydrogen-bond acceptors (Lipinski definition) is 4. The maximum atomic E-state index is 11.2. The summed E-state index contributed by atoms with van der Waals surface area (Å²) < 4.78 is 0. The highest BCUT2D eigenvalue weighted by atomic mass is 32.1. The molecule has 0 unspecified atom stereocenters. The van der Waals surface area contributed by atoms with Gasteiger partial charge in [0.1, 0.15) is 0 Å². The largest absolute Gasteiger partial charge is 0.318 e. The molecule has 0 saturated carbocycles. The third kappa shape index (κ3) is 2.82. The summed E-state index contributed by atoms with van der Waals surface area (Å²) in [6, 6.07) is 3.28. The van der Waals surface area contributed by atoms with Crippen LogP contribution in [0.3, 0.4) is 0 Å². The summed E-state index contributed by atoms with van der Waals surface area (Å²) in [4.78, 5) is 26.8. The average Bonchev–Trinajstić information content (AvgIpc) is 2.52. The molecule has 0 radical (unpaired) electrons. The van der Waals surface area contributed by atoms with Crippen molar-refractivity contribution in [3.8, 4) is 0 Å². The topological polar surface area (TPSA) is 67.4 Å². The van der Waals surface area contributed by atoms with Crippen LogP contribution in [0.2, 0.25) is 0 Å². The molecule has 0 spiro atoms. The van der Waals surface area contributed by atoms with Crippen molar-refractivity contribution >= 4 is 28.2 Å².